The first kappa shape index (κ1) is 11.6. The van der Waals surface area contributed by atoms with Gasteiger partial charge in [-0.25, -0.2) is 0 Å². The summed E-state index contributed by atoms with van der Waals surface area (Å²) >= 11 is 4.25. The molecular weight excluding hydrogens is 233 g/mol. The standard InChI is InChI=1S/C5H9Si.BrH.Zn/c1-5-6(2,3)4;;/h2-4H3;1H;/q-1;;+2/p-1. The molecule has 0 N–H and O–H groups in total. The molecule has 0 spiro atoms. The molecule has 0 unspecified atom stereocenters. The zero-order valence-electron chi connectivity index (χ0n) is 5.59. The van der Waals surface area contributed by atoms with Crippen LogP contribution >= 0.6 is 13.6 Å². The topological polar surface area (TPSA) is 0 Å². The van der Waals surface area contributed by atoms with E-state index in [-0.39, 0.29) is 0 Å². The summed E-state index contributed by atoms with van der Waals surface area (Å²) in [5.41, 5.74) is 2.49. The van der Waals surface area contributed by atoms with Crippen LogP contribution < -0.4 is 0 Å². The van der Waals surface area contributed by atoms with Crippen molar-refractivity contribution in [3.63, 3.8) is 0 Å². The van der Waals surface area contributed by atoms with Gasteiger partial charge in [0.25, 0.3) is 0 Å². The summed E-state index contributed by atoms with van der Waals surface area (Å²) in [6, 6.07) is 0. The van der Waals surface area contributed by atoms with Crippen LogP contribution in [0.2, 0.25) is 19.6 Å². The fraction of sp³-hybridized carbons (Fsp3) is 0.600. The Labute approximate surface area is 69.5 Å². The number of hydrogen-bond acceptors (Lipinski definition) is 0. The molecule has 0 saturated carbocycles. The molecule has 42 valence electrons. The first-order valence-electron chi connectivity index (χ1n) is 2.27. The summed E-state index contributed by atoms with van der Waals surface area (Å²) in [6.45, 7) is 6.25. The number of halogens is 1. The second-order valence-corrected chi connectivity index (χ2v) is 7.12. The predicted molar refractivity (Wildman–Crippen MR) is 39.4 cm³/mol. The van der Waals surface area contributed by atoms with Crippen LogP contribution in [0, 0.1) is 12.0 Å². The van der Waals surface area contributed by atoms with E-state index in [0.29, 0.717) is 0 Å². The van der Waals surface area contributed by atoms with Gasteiger partial charge < -0.3 is 12.0 Å². The minimum atomic E-state index is -1.21. The maximum atomic E-state index is 6.67. The molecule has 0 radical (unpaired) electrons. The van der Waals surface area contributed by atoms with Gasteiger partial charge in [0.15, 0.2) is 0 Å². The first-order chi connectivity index (χ1) is 3.56. The van der Waals surface area contributed by atoms with Gasteiger partial charge in [-0.05, 0) is 0 Å². The van der Waals surface area contributed by atoms with Crippen molar-refractivity contribution >= 4 is 21.7 Å². The molecule has 3 heteroatoms. The number of hydrogen-bond donors (Lipinski definition) is 0. The van der Waals surface area contributed by atoms with Crippen molar-refractivity contribution in [2.45, 2.75) is 19.6 Å². The second-order valence-electron chi connectivity index (χ2n) is 2.38. The number of rotatable bonds is 0. The summed E-state index contributed by atoms with van der Waals surface area (Å²) in [5.74, 6) is 0. The Morgan fingerprint density at radius 3 is 1.50 bits per heavy atom. The van der Waals surface area contributed by atoms with Crippen molar-refractivity contribution in [3.05, 3.63) is 6.42 Å². The van der Waals surface area contributed by atoms with Crippen molar-refractivity contribution in [2.75, 3.05) is 0 Å². The molecule has 0 aliphatic heterocycles. The molecule has 0 heterocycles. The molecular formula is C5H9BrSiZn. The third kappa shape index (κ3) is 15.8. The van der Waals surface area contributed by atoms with Gasteiger partial charge in [-0.3, -0.25) is 0 Å². The van der Waals surface area contributed by atoms with E-state index in [1.54, 1.807) is 0 Å². The molecule has 0 amide bonds. The maximum absolute atomic E-state index is 6.67. The van der Waals surface area contributed by atoms with Crippen LogP contribution in [0.15, 0.2) is 0 Å². The molecule has 0 aromatic carbocycles. The molecule has 0 fully saturated rings. The normalized spacial score (nSPS) is 8.62. The van der Waals surface area contributed by atoms with Gasteiger partial charge >= 0.3 is 30.0 Å². The van der Waals surface area contributed by atoms with Crippen LogP contribution in [0.25, 0.3) is 0 Å². The van der Waals surface area contributed by atoms with E-state index in [1.165, 1.54) is 16.3 Å². The van der Waals surface area contributed by atoms with Gasteiger partial charge in [-0.1, -0.05) is 19.6 Å². The molecule has 8 heavy (non-hydrogen) atoms. The molecule has 0 aromatic rings. The van der Waals surface area contributed by atoms with Crippen LogP contribution in [0.1, 0.15) is 0 Å². The van der Waals surface area contributed by atoms with E-state index >= 15 is 0 Å². The van der Waals surface area contributed by atoms with Crippen LogP contribution in [0.3, 0.4) is 0 Å². The van der Waals surface area contributed by atoms with Gasteiger partial charge in [0.1, 0.15) is 0 Å². The Bertz CT molecular complexity index is 79.4. The van der Waals surface area contributed by atoms with Crippen molar-refractivity contribution < 1.29 is 16.3 Å². The third-order valence-electron chi connectivity index (χ3n) is 0.375. The molecule has 0 nitrogen and oxygen atoms in total. The van der Waals surface area contributed by atoms with Crippen LogP contribution in [0.4, 0.5) is 0 Å². The molecule has 0 aliphatic carbocycles. The average molecular weight is 243 g/mol. The third-order valence-corrected chi connectivity index (χ3v) is 1.12. The molecule has 0 aliphatic rings. The summed E-state index contributed by atoms with van der Waals surface area (Å²) in [6.07, 6.45) is 6.67. The molecule has 0 atom stereocenters. The quantitative estimate of drug-likeness (QED) is 0.347. The monoisotopic (exact) mass is 240 g/mol. The Balaban J connectivity index is 0. The fourth-order valence-electron chi connectivity index (χ4n) is 0. The molecule has 0 saturated heterocycles. The van der Waals surface area contributed by atoms with Crippen LogP contribution in [-0.4, -0.2) is 8.07 Å². The second kappa shape index (κ2) is 6.01. The van der Waals surface area contributed by atoms with Crippen LogP contribution in [-0.2, 0) is 16.3 Å². The Kier molecular flexibility index (Phi) is 8.75. The zero-order valence-corrected chi connectivity index (χ0v) is 11.1. The summed E-state index contributed by atoms with van der Waals surface area (Å²) in [5, 5.41) is 0. The predicted octanol–water partition coefficient (Wildman–Crippen LogP) is 2.30. The van der Waals surface area contributed by atoms with E-state index in [9.17, 15) is 0 Å². The Morgan fingerprint density at radius 1 is 1.38 bits per heavy atom. The molecule has 0 bridgehead atoms. The fourth-order valence-corrected chi connectivity index (χ4v) is 0. The van der Waals surface area contributed by atoms with E-state index in [0.717, 1.165) is 0 Å². The van der Waals surface area contributed by atoms with E-state index in [2.05, 4.69) is 38.8 Å². The minimum absolute atomic E-state index is 1.19. The van der Waals surface area contributed by atoms with Crippen molar-refractivity contribution in [3.8, 4) is 5.54 Å². The van der Waals surface area contributed by atoms with E-state index < -0.39 is 8.07 Å². The van der Waals surface area contributed by atoms with Crippen molar-refractivity contribution in [1.82, 2.24) is 0 Å². The van der Waals surface area contributed by atoms with Crippen LogP contribution in [0.5, 0.6) is 0 Å². The summed E-state index contributed by atoms with van der Waals surface area (Å²) in [4.78, 5) is 0. The molecule has 0 rings (SSSR count). The summed E-state index contributed by atoms with van der Waals surface area (Å²) in [7, 11) is -1.21. The van der Waals surface area contributed by atoms with Gasteiger partial charge in [0, 0.05) is 0 Å². The first-order valence-corrected chi connectivity index (χ1v) is 12.7. The van der Waals surface area contributed by atoms with Crippen molar-refractivity contribution in [2.24, 2.45) is 0 Å². The van der Waals surface area contributed by atoms with Gasteiger partial charge in [-0.2, -0.15) is 0 Å². The van der Waals surface area contributed by atoms with E-state index in [4.69, 9.17) is 6.42 Å². The molecule has 0 aromatic heterocycles. The average Bonchev–Trinajstić information content (AvgIpc) is 1.71. The van der Waals surface area contributed by atoms with Gasteiger partial charge in [0.05, 0.1) is 8.07 Å². The summed E-state index contributed by atoms with van der Waals surface area (Å²) < 4.78 is 0. The Morgan fingerprint density at radius 2 is 1.50 bits per heavy atom. The SMILES string of the molecule is [C-]#C[Si](C)(C)C.[Zn+][Br]. The van der Waals surface area contributed by atoms with E-state index in [1.807, 2.05) is 0 Å². The van der Waals surface area contributed by atoms with Gasteiger partial charge in [0.2, 0.25) is 0 Å². The Hall–Kier alpha value is 0.880. The zero-order chi connectivity index (χ0) is 7.21. The van der Waals surface area contributed by atoms with Gasteiger partial charge in [-0.15, -0.1) is 0 Å². The van der Waals surface area contributed by atoms with Crippen molar-refractivity contribution in [1.29, 1.82) is 0 Å².